The maximum absolute atomic E-state index is 12.9. The molecule has 2 fully saturated rings. The van der Waals surface area contributed by atoms with Gasteiger partial charge in [0.2, 0.25) is 11.8 Å². The van der Waals surface area contributed by atoms with E-state index < -0.39 is 0 Å². The first-order valence-corrected chi connectivity index (χ1v) is 10.2. The molecule has 0 radical (unpaired) electrons. The summed E-state index contributed by atoms with van der Waals surface area (Å²) in [5.41, 5.74) is 4.13. The predicted octanol–water partition coefficient (Wildman–Crippen LogP) is 3.38. The lowest BCUT2D eigenvalue weighted by Crippen LogP contribution is -2.42. The van der Waals surface area contributed by atoms with Crippen molar-refractivity contribution in [2.45, 2.75) is 46.5 Å². The third kappa shape index (κ3) is 3.96. The van der Waals surface area contributed by atoms with Gasteiger partial charge in [-0.05, 0) is 69.7 Å². The average Bonchev–Trinajstić information content (AvgIpc) is 3.44. The first-order valence-electron chi connectivity index (χ1n) is 10.2. The Morgan fingerprint density at radius 3 is 2.18 bits per heavy atom. The Hall–Kier alpha value is -2.63. The van der Waals surface area contributed by atoms with Crippen molar-refractivity contribution >= 4 is 17.6 Å². The summed E-state index contributed by atoms with van der Waals surface area (Å²) in [6.07, 6.45) is 3.50. The molecule has 1 aromatic heterocycles. The number of aromatic nitrogens is 2. The van der Waals surface area contributed by atoms with Crippen LogP contribution in [0.2, 0.25) is 0 Å². The minimum atomic E-state index is -0.0637. The summed E-state index contributed by atoms with van der Waals surface area (Å²) in [5, 5.41) is 7.65. The topological polar surface area (TPSA) is 67.2 Å². The van der Waals surface area contributed by atoms with Crippen molar-refractivity contribution in [1.82, 2.24) is 14.7 Å². The first kappa shape index (κ1) is 18.7. The lowest BCUT2D eigenvalue weighted by Gasteiger charge is -2.31. The highest BCUT2D eigenvalue weighted by Crippen LogP contribution is 2.32. The summed E-state index contributed by atoms with van der Waals surface area (Å²) in [6, 6.07) is 8.16. The molecular formula is C22H28N4O2. The Kier molecular flexibility index (Phi) is 4.96. The summed E-state index contributed by atoms with van der Waals surface area (Å²) in [6.45, 7) is 7.41. The molecule has 1 saturated heterocycles. The second-order valence-electron chi connectivity index (χ2n) is 8.29. The number of aryl methyl sites for hydroxylation is 3. The number of benzene rings is 1. The fourth-order valence-corrected chi connectivity index (χ4v) is 4.04. The van der Waals surface area contributed by atoms with Crippen LogP contribution in [0.5, 0.6) is 0 Å². The van der Waals surface area contributed by atoms with Crippen LogP contribution in [0.1, 0.15) is 42.5 Å². The largest absolute Gasteiger partial charge is 0.342 e. The molecule has 4 rings (SSSR count). The molecule has 28 heavy (non-hydrogen) atoms. The van der Waals surface area contributed by atoms with Gasteiger partial charge in [0.25, 0.3) is 0 Å². The molecule has 0 spiro atoms. The Morgan fingerprint density at radius 1 is 0.929 bits per heavy atom. The van der Waals surface area contributed by atoms with E-state index in [4.69, 9.17) is 0 Å². The second-order valence-corrected chi connectivity index (χ2v) is 8.29. The number of nitrogens with one attached hydrogen (secondary N) is 1. The van der Waals surface area contributed by atoms with Crippen molar-refractivity contribution in [3.8, 4) is 5.69 Å². The molecule has 0 atom stereocenters. The fraction of sp³-hybridized carbons (Fsp3) is 0.500. The van der Waals surface area contributed by atoms with Gasteiger partial charge < -0.3 is 10.2 Å². The van der Waals surface area contributed by atoms with Crippen LogP contribution in [0.25, 0.3) is 5.69 Å². The third-order valence-electron chi connectivity index (χ3n) is 5.64. The molecule has 1 saturated carbocycles. The van der Waals surface area contributed by atoms with Gasteiger partial charge in [0.1, 0.15) is 5.82 Å². The molecule has 2 aliphatic rings. The number of likely N-dealkylation sites (tertiary alicyclic amines) is 1. The van der Waals surface area contributed by atoms with Crippen molar-refractivity contribution in [3.63, 3.8) is 0 Å². The van der Waals surface area contributed by atoms with Gasteiger partial charge in [0, 0.05) is 31.0 Å². The van der Waals surface area contributed by atoms with Crippen LogP contribution in [0.4, 0.5) is 5.82 Å². The SMILES string of the molecule is Cc1cc(C)cc(-n2nc(C)cc2NC(=O)C2CCN(C(=O)C3CC3)CC2)c1. The molecule has 1 aliphatic carbocycles. The molecular weight excluding hydrogens is 352 g/mol. The number of piperidine rings is 1. The minimum Gasteiger partial charge on any atom is -0.342 e. The molecule has 2 amide bonds. The van der Waals surface area contributed by atoms with Crippen LogP contribution in [0.15, 0.2) is 24.3 Å². The molecule has 1 aromatic carbocycles. The van der Waals surface area contributed by atoms with Crippen LogP contribution in [0, 0.1) is 32.6 Å². The summed E-state index contributed by atoms with van der Waals surface area (Å²) in [5.74, 6) is 1.18. The van der Waals surface area contributed by atoms with Crippen molar-refractivity contribution in [3.05, 3.63) is 41.1 Å². The van der Waals surface area contributed by atoms with Gasteiger partial charge in [-0.25, -0.2) is 4.68 Å². The second kappa shape index (κ2) is 7.41. The van der Waals surface area contributed by atoms with E-state index in [0.29, 0.717) is 18.9 Å². The van der Waals surface area contributed by atoms with Crippen LogP contribution in [-0.2, 0) is 9.59 Å². The number of carbonyl (C=O) groups is 2. The predicted molar refractivity (Wildman–Crippen MR) is 108 cm³/mol. The molecule has 2 aromatic rings. The Balaban J connectivity index is 1.44. The highest BCUT2D eigenvalue weighted by molar-refractivity contribution is 5.92. The monoisotopic (exact) mass is 380 g/mol. The molecule has 1 N–H and O–H groups in total. The average molecular weight is 380 g/mol. The molecule has 6 heteroatoms. The van der Waals surface area contributed by atoms with Crippen molar-refractivity contribution < 1.29 is 9.59 Å². The van der Waals surface area contributed by atoms with E-state index in [1.54, 1.807) is 4.68 Å². The maximum Gasteiger partial charge on any atom is 0.228 e. The lowest BCUT2D eigenvalue weighted by molar-refractivity contribution is -0.135. The van der Waals surface area contributed by atoms with Gasteiger partial charge in [0.05, 0.1) is 11.4 Å². The number of carbonyl (C=O) groups excluding carboxylic acids is 2. The maximum atomic E-state index is 12.9. The van der Waals surface area contributed by atoms with Gasteiger partial charge in [-0.3, -0.25) is 9.59 Å². The van der Waals surface area contributed by atoms with Gasteiger partial charge >= 0.3 is 0 Å². The fourth-order valence-electron chi connectivity index (χ4n) is 4.04. The number of anilines is 1. The highest BCUT2D eigenvalue weighted by atomic mass is 16.2. The van der Waals surface area contributed by atoms with Gasteiger partial charge in [0.15, 0.2) is 0 Å². The van der Waals surface area contributed by atoms with E-state index in [0.717, 1.165) is 48.2 Å². The minimum absolute atomic E-state index is 0.0176. The summed E-state index contributed by atoms with van der Waals surface area (Å²) in [4.78, 5) is 27.0. The standard InChI is InChI=1S/C22H28N4O2/c1-14-10-15(2)12-19(11-14)26-20(13-16(3)24-26)23-21(27)17-6-8-25(9-7-17)22(28)18-4-5-18/h10-13,17-18H,4-9H2,1-3H3,(H,23,27). The zero-order valence-electron chi connectivity index (χ0n) is 16.9. The van der Waals surface area contributed by atoms with E-state index in [9.17, 15) is 9.59 Å². The summed E-state index contributed by atoms with van der Waals surface area (Å²) >= 11 is 0. The first-order chi connectivity index (χ1) is 13.4. The number of hydrogen-bond acceptors (Lipinski definition) is 3. The van der Waals surface area contributed by atoms with Crippen molar-refractivity contribution in [2.24, 2.45) is 11.8 Å². The van der Waals surface area contributed by atoms with Crippen molar-refractivity contribution in [2.75, 3.05) is 18.4 Å². The number of nitrogens with zero attached hydrogens (tertiary/aromatic N) is 3. The van der Waals surface area contributed by atoms with E-state index in [2.05, 4.69) is 42.5 Å². The summed E-state index contributed by atoms with van der Waals surface area (Å²) < 4.78 is 1.80. The third-order valence-corrected chi connectivity index (χ3v) is 5.64. The molecule has 1 aliphatic heterocycles. The summed E-state index contributed by atoms with van der Waals surface area (Å²) in [7, 11) is 0. The van der Waals surface area contributed by atoms with Crippen LogP contribution in [0.3, 0.4) is 0 Å². The van der Waals surface area contributed by atoms with Gasteiger partial charge in [-0.1, -0.05) is 6.07 Å². The zero-order valence-corrected chi connectivity index (χ0v) is 16.9. The van der Waals surface area contributed by atoms with Crippen LogP contribution < -0.4 is 5.32 Å². The molecule has 0 bridgehead atoms. The Labute approximate surface area is 165 Å². The molecule has 0 unspecified atom stereocenters. The molecule has 2 heterocycles. The molecule has 6 nitrogen and oxygen atoms in total. The Morgan fingerprint density at radius 2 is 1.57 bits per heavy atom. The van der Waals surface area contributed by atoms with E-state index in [1.807, 2.05) is 17.9 Å². The van der Waals surface area contributed by atoms with E-state index in [1.165, 1.54) is 0 Å². The van der Waals surface area contributed by atoms with Gasteiger partial charge in [-0.15, -0.1) is 0 Å². The number of hydrogen-bond donors (Lipinski definition) is 1. The van der Waals surface area contributed by atoms with Gasteiger partial charge in [-0.2, -0.15) is 5.10 Å². The van der Waals surface area contributed by atoms with Crippen LogP contribution >= 0.6 is 0 Å². The number of rotatable bonds is 4. The number of amides is 2. The van der Waals surface area contributed by atoms with E-state index >= 15 is 0 Å². The quantitative estimate of drug-likeness (QED) is 0.884. The Bertz CT molecular complexity index is 885. The zero-order chi connectivity index (χ0) is 19.8. The molecule has 148 valence electrons. The highest BCUT2D eigenvalue weighted by Gasteiger charge is 2.36. The lowest BCUT2D eigenvalue weighted by atomic mass is 9.95. The smallest absolute Gasteiger partial charge is 0.228 e. The normalized spacial score (nSPS) is 17.6. The van der Waals surface area contributed by atoms with Crippen LogP contribution in [-0.4, -0.2) is 39.6 Å². The van der Waals surface area contributed by atoms with Crippen molar-refractivity contribution in [1.29, 1.82) is 0 Å². The van der Waals surface area contributed by atoms with E-state index in [-0.39, 0.29) is 23.7 Å².